The molecule has 1 aliphatic rings. The lowest BCUT2D eigenvalue weighted by molar-refractivity contribution is 0.603. The number of sulfone groups is 1. The molecule has 0 radical (unpaired) electrons. The van der Waals surface area contributed by atoms with Gasteiger partial charge in [-0.15, -0.1) is 0 Å². The van der Waals surface area contributed by atoms with Gasteiger partial charge in [-0.3, -0.25) is 4.99 Å². The fraction of sp³-hybridized carbons (Fsp3) is 0.188. The average Bonchev–Trinajstić information content (AvgIpc) is 2.75. The summed E-state index contributed by atoms with van der Waals surface area (Å²) >= 11 is 0. The first-order valence-corrected chi connectivity index (χ1v) is 8.20. The van der Waals surface area contributed by atoms with Gasteiger partial charge in [-0.1, -0.05) is 60.7 Å². The number of hydrogen-bond donors (Lipinski definition) is 0. The summed E-state index contributed by atoms with van der Waals surface area (Å²) in [7, 11) is -3.26. The van der Waals surface area contributed by atoms with E-state index in [-0.39, 0.29) is 16.8 Å². The van der Waals surface area contributed by atoms with Crippen molar-refractivity contribution in [2.24, 2.45) is 4.99 Å². The van der Waals surface area contributed by atoms with Crippen molar-refractivity contribution in [3.05, 3.63) is 71.8 Å². The van der Waals surface area contributed by atoms with Gasteiger partial charge in [-0.25, -0.2) is 8.42 Å². The summed E-state index contributed by atoms with van der Waals surface area (Å²) in [5, 5.41) is 0.235. The molecule has 0 amide bonds. The topological polar surface area (TPSA) is 46.5 Å². The molecular weight excluding hydrogens is 270 g/mol. The SMILES string of the molecule is O=S1(=O)CC(Cc2ccccc2)N=C1c1ccccc1. The fourth-order valence-electron chi connectivity index (χ4n) is 2.44. The van der Waals surface area contributed by atoms with Crippen LogP contribution in [0.1, 0.15) is 11.1 Å². The standard InChI is InChI=1S/C16H15NO2S/c18-20(19)12-15(11-13-7-3-1-4-8-13)17-16(20)14-9-5-2-6-10-14/h1-10,15H,11-12H2. The molecule has 0 spiro atoms. The third-order valence-corrected chi connectivity index (χ3v) is 5.10. The van der Waals surface area contributed by atoms with Crippen LogP contribution in [-0.4, -0.2) is 25.3 Å². The van der Waals surface area contributed by atoms with E-state index in [4.69, 9.17) is 0 Å². The van der Waals surface area contributed by atoms with E-state index in [1.807, 2.05) is 48.5 Å². The summed E-state index contributed by atoms with van der Waals surface area (Å²) in [6, 6.07) is 18.8. The minimum Gasteiger partial charge on any atom is -0.268 e. The monoisotopic (exact) mass is 285 g/mol. The zero-order chi connectivity index (χ0) is 14.0. The molecule has 3 rings (SSSR count). The van der Waals surface area contributed by atoms with Gasteiger partial charge in [0.25, 0.3) is 0 Å². The van der Waals surface area contributed by atoms with Crippen LogP contribution in [0.2, 0.25) is 0 Å². The number of hydrogen-bond acceptors (Lipinski definition) is 3. The van der Waals surface area contributed by atoms with Gasteiger partial charge < -0.3 is 0 Å². The molecule has 0 N–H and O–H groups in total. The number of benzene rings is 2. The smallest absolute Gasteiger partial charge is 0.197 e. The predicted molar refractivity (Wildman–Crippen MR) is 80.7 cm³/mol. The van der Waals surface area contributed by atoms with E-state index in [1.54, 1.807) is 12.1 Å². The average molecular weight is 285 g/mol. The van der Waals surface area contributed by atoms with Gasteiger partial charge in [0.15, 0.2) is 14.9 Å². The van der Waals surface area contributed by atoms with Crippen molar-refractivity contribution >= 4 is 14.9 Å². The molecular formula is C16H15NO2S. The summed E-state index contributed by atoms with van der Waals surface area (Å²) < 4.78 is 24.5. The van der Waals surface area contributed by atoms with Crippen molar-refractivity contribution in [3.8, 4) is 0 Å². The molecule has 0 aliphatic carbocycles. The van der Waals surface area contributed by atoms with Crippen molar-refractivity contribution < 1.29 is 8.42 Å². The van der Waals surface area contributed by atoms with Crippen LogP contribution in [0, 0.1) is 0 Å². The summed E-state index contributed by atoms with van der Waals surface area (Å²) in [5.74, 6) is 0.103. The van der Waals surface area contributed by atoms with Crippen LogP contribution in [0.4, 0.5) is 0 Å². The maximum Gasteiger partial charge on any atom is 0.197 e. The molecule has 1 heterocycles. The Kier molecular flexibility index (Phi) is 3.40. The molecule has 1 unspecified atom stereocenters. The summed E-state index contributed by atoms with van der Waals surface area (Å²) in [6.07, 6.45) is 0.663. The quantitative estimate of drug-likeness (QED) is 0.869. The van der Waals surface area contributed by atoms with Crippen LogP contribution in [0.25, 0.3) is 0 Å². The van der Waals surface area contributed by atoms with Gasteiger partial charge in [-0.2, -0.15) is 0 Å². The Hall–Kier alpha value is -1.94. The Morgan fingerprint density at radius 3 is 2.20 bits per heavy atom. The Balaban J connectivity index is 1.89. The van der Waals surface area contributed by atoms with Gasteiger partial charge in [0.2, 0.25) is 0 Å². The van der Waals surface area contributed by atoms with Gasteiger partial charge in [0.1, 0.15) is 0 Å². The molecule has 0 bridgehead atoms. The molecule has 1 atom stereocenters. The minimum atomic E-state index is -3.26. The number of nitrogens with zero attached hydrogens (tertiary/aromatic N) is 1. The number of aliphatic imine (C=N–C) groups is 1. The van der Waals surface area contributed by atoms with Crippen molar-refractivity contribution in [3.63, 3.8) is 0 Å². The van der Waals surface area contributed by atoms with E-state index in [0.29, 0.717) is 12.0 Å². The first-order chi connectivity index (χ1) is 9.65. The van der Waals surface area contributed by atoms with E-state index in [0.717, 1.165) is 5.56 Å². The Morgan fingerprint density at radius 2 is 1.55 bits per heavy atom. The van der Waals surface area contributed by atoms with Crippen LogP contribution >= 0.6 is 0 Å². The molecule has 0 fully saturated rings. The maximum atomic E-state index is 12.2. The maximum absolute atomic E-state index is 12.2. The molecule has 0 aromatic heterocycles. The number of rotatable bonds is 3. The van der Waals surface area contributed by atoms with Gasteiger partial charge in [0, 0.05) is 5.56 Å². The Labute approximate surface area is 118 Å². The molecule has 4 heteroatoms. The van der Waals surface area contributed by atoms with Crippen LogP contribution in [0.5, 0.6) is 0 Å². The highest BCUT2D eigenvalue weighted by Crippen LogP contribution is 2.20. The third kappa shape index (κ3) is 2.65. The van der Waals surface area contributed by atoms with Crippen LogP contribution in [0.15, 0.2) is 65.7 Å². The van der Waals surface area contributed by atoms with Crippen LogP contribution in [0.3, 0.4) is 0 Å². The Bertz CT molecular complexity index is 722. The van der Waals surface area contributed by atoms with Crippen molar-refractivity contribution in [1.82, 2.24) is 0 Å². The molecule has 1 aliphatic heterocycles. The molecule has 2 aromatic carbocycles. The van der Waals surface area contributed by atoms with Crippen LogP contribution in [-0.2, 0) is 16.3 Å². The molecule has 102 valence electrons. The largest absolute Gasteiger partial charge is 0.268 e. The highest BCUT2D eigenvalue weighted by Gasteiger charge is 2.32. The lowest BCUT2D eigenvalue weighted by Crippen LogP contribution is -2.17. The second kappa shape index (κ2) is 5.21. The third-order valence-electron chi connectivity index (χ3n) is 3.34. The normalized spacial score (nSPS) is 20.6. The molecule has 2 aromatic rings. The highest BCUT2D eigenvalue weighted by molar-refractivity contribution is 8.07. The van der Waals surface area contributed by atoms with Crippen molar-refractivity contribution in [2.75, 3.05) is 5.75 Å². The van der Waals surface area contributed by atoms with E-state index < -0.39 is 9.84 Å². The van der Waals surface area contributed by atoms with Crippen LogP contribution < -0.4 is 0 Å². The van der Waals surface area contributed by atoms with Gasteiger partial charge in [0.05, 0.1) is 11.8 Å². The van der Waals surface area contributed by atoms with E-state index in [9.17, 15) is 8.42 Å². The fourth-order valence-corrected chi connectivity index (χ4v) is 4.10. The molecule has 0 saturated carbocycles. The first-order valence-electron chi connectivity index (χ1n) is 6.55. The Morgan fingerprint density at radius 1 is 0.950 bits per heavy atom. The highest BCUT2D eigenvalue weighted by atomic mass is 32.2. The molecule has 20 heavy (non-hydrogen) atoms. The first kappa shape index (κ1) is 13.1. The minimum absolute atomic E-state index is 0.103. The summed E-state index contributed by atoms with van der Waals surface area (Å²) in [6.45, 7) is 0. The molecule has 3 nitrogen and oxygen atoms in total. The lowest BCUT2D eigenvalue weighted by Gasteiger charge is -2.04. The van der Waals surface area contributed by atoms with Gasteiger partial charge >= 0.3 is 0 Å². The van der Waals surface area contributed by atoms with Crippen molar-refractivity contribution in [1.29, 1.82) is 0 Å². The zero-order valence-electron chi connectivity index (χ0n) is 10.9. The predicted octanol–water partition coefficient (Wildman–Crippen LogP) is 2.47. The lowest BCUT2D eigenvalue weighted by atomic mass is 10.1. The second-order valence-corrected chi connectivity index (χ2v) is 6.87. The zero-order valence-corrected chi connectivity index (χ0v) is 11.8. The van der Waals surface area contributed by atoms with E-state index in [2.05, 4.69) is 4.99 Å². The van der Waals surface area contributed by atoms with Gasteiger partial charge in [-0.05, 0) is 12.0 Å². The van der Waals surface area contributed by atoms with E-state index >= 15 is 0 Å². The van der Waals surface area contributed by atoms with E-state index in [1.165, 1.54) is 0 Å². The second-order valence-electron chi connectivity index (χ2n) is 4.93. The summed E-state index contributed by atoms with van der Waals surface area (Å²) in [4.78, 5) is 4.44. The van der Waals surface area contributed by atoms with Crippen molar-refractivity contribution in [2.45, 2.75) is 12.5 Å². The molecule has 0 saturated heterocycles. The summed E-state index contributed by atoms with van der Waals surface area (Å²) in [5.41, 5.74) is 1.80.